The Bertz CT molecular complexity index is 414. The van der Waals surface area contributed by atoms with Crippen LogP contribution in [0.3, 0.4) is 0 Å². The van der Waals surface area contributed by atoms with Gasteiger partial charge >= 0.3 is 0 Å². The van der Waals surface area contributed by atoms with Gasteiger partial charge in [-0.3, -0.25) is 4.79 Å². The molecule has 1 aromatic rings. The molecule has 0 spiro atoms. The molecule has 124 valence electrons. The monoisotopic (exact) mass is 341 g/mol. The van der Waals surface area contributed by atoms with Gasteiger partial charge in [0.05, 0.1) is 18.6 Å². The van der Waals surface area contributed by atoms with Crippen molar-refractivity contribution in [1.29, 1.82) is 0 Å². The van der Waals surface area contributed by atoms with Gasteiger partial charge in [0, 0.05) is 5.75 Å². The zero-order valence-electron chi connectivity index (χ0n) is 13.2. The maximum atomic E-state index is 12.4. The van der Waals surface area contributed by atoms with Gasteiger partial charge in [0.1, 0.15) is 0 Å². The van der Waals surface area contributed by atoms with Gasteiger partial charge in [-0.05, 0) is 36.8 Å². The highest BCUT2D eigenvalue weighted by Crippen LogP contribution is 2.12. The Hall–Kier alpha value is -0.650. The number of thioether (sulfide) groups is 1. The summed E-state index contributed by atoms with van der Waals surface area (Å²) in [5, 5.41) is 12.4. The number of hydrogen-bond acceptors (Lipinski definition) is 4. The zero-order valence-corrected chi connectivity index (χ0v) is 14.9. The average molecular weight is 342 g/mol. The minimum Gasteiger partial charge on any atom is -0.394 e. The Morgan fingerprint density at radius 2 is 2.05 bits per heavy atom. The van der Waals surface area contributed by atoms with Crippen LogP contribution in [0.4, 0.5) is 0 Å². The fourth-order valence-corrected chi connectivity index (χ4v) is 3.09. The van der Waals surface area contributed by atoms with Gasteiger partial charge in [0.2, 0.25) is 5.91 Å². The van der Waals surface area contributed by atoms with Gasteiger partial charge in [-0.1, -0.05) is 36.8 Å². The molecule has 2 atom stereocenters. The highest BCUT2D eigenvalue weighted by atomic mass is 32.2. The standard InChI is InChI=1S/C17H27NO2S2/c1-22-10-6-5-9-16(12-19)18-17(20)15(13-21)11-14-7-3-2-4-8-14/h2-4,7-8,15-16,19,21H,5-6,9-13H2,1H3,(H,18,20)/t15-,16-/m1/s1. The second-order valence-corrected chi connectivity index (χ2v) is 6.80. The molecule has 0 aliphatic rings. The van der Waals surface area contributed by atoms with Crippen molar-refractivity contribution in [2.45, 2.75) is 31.7 Å². The molecule has 0 fully saturated rings. The third-order valence-corrected chi connectivity index (χ3v) is 4.77. The number of rotatable bonds is 11. The summed E-state index contributed by atoms with van der Waals surface area (Å²) in [6.07, 6.45) is 5.74. The first kappa shape index (κ1) is 19.4. The topological polar surface area (TPSA) is 49.3 Å². The van der Waals surface area contributed by atoms with E-state index in [0.717, 1.165) is 30.6 Å². The van der Waals surface area contributed by atoms with Crippen LogP contribution in [0.15, 0.2) is 30.3 Å². The SMILES string of the molecule is CSCCCC[C@H](CO)NC(=O)[C@@H](CS)Cc1ccccc1. The fourth-order valence-electron chi connectivity index (χ4n) is 2.30. The minimum atomic E-state index is -0.161. The van der Waals surface area contributed by atoms with Crippen LogP contribution in [0.2, 0.25) is 0 Å². The number of aliphatic hydroxyl groups is 1. The molecule has 5 heteroatoms. The molecule has 0 radical (unpaired) electrons. The smallest absolute Gasteiger partial charge is 0.224 e. The Balaban J connectivity index is 2.45. The van der Waals surface area contributed by atoms with Crippen LogP contribution in [-0.4, -0.2) is 41.4 Å². The molecule has 1 aromatic carbocycles. The molecule has 0 aromatic heterocycles. The number of amides is 1. The van der Waals surface area contributed by atoms with Gasteiger partial charge < -0.3 is 10.4 Å². The molecule has 0 aliphatic carbocycles. The van der Waals surface area contributed by atoms with Crippen molar-refractivity contribution in [2.75, 3.05) is 24.4 Å². The third-order valence-electron chi connectivity index (χ3n) is 3.63. The molecule has 0 heterocycles. The van der Waals surface area contributed by atoms with E-state index in [2.05, 4.69) is 24.2 Å². The van der Waals surface area contributed by atoms with Crippen molar-refractivity contribution in [3.05, 3.63) is 35.9 Å². The van der Waals surface area contributed by atoms with Crippen LogP contribution in [0.5, 0.6) is 0 Å². The van der Waals surface area contributed by atoms with E-state index in [4.69, 9.17) is 0 Å². The normalized spacial score (nSPS) is 13.6. The number of aliphatic hydroxyl groups excluding tert-OH is 1. The van der Waals surface area contributed by atoms with Gasteiger partial charge in [0.25, 0.3) is 0 Å². The zero-order chi connectivity index (χ0) is 16.2. The van der Waals surface area contributed by atoms with Crippen LogP contribution < -0.4 is 5.32 Å². The largest absolute Gasteiger partial charge is 0.394 e. The molecular weight excluding hydrogens is 314 g/mol. The maximum absolute atomic E-state index is 12.4. The molecule has 1 rings (SSSR count). The number of hydrogen-bond donors (Lipinski definition) is 3. The average Bonchev–Trinajstić information content (AvgIpc) is 2.56. The van der Waals surface area contributed by atoms with Crippen LogP contribution in [-0.2, 0) is 11.2 Å². The maximum Gasteiger partial charge on any atom is 0.224 e. The van der Waals surface area contributed by atoms with Crippen LogP contribution >= 0.6 is 24.4 Å². The molecule has 0 unspecified atom stereocenters. The summed E-state index contributed by atoms with van der Waals surface area (Å²) in [6.45, 7) is -0.00433. The van der Waals surface area contributed by atoms with E-state index in [-0.39, 0.29) is 24.5 Å². The Kier molecular flexibility index (Phi) is 10.5. The lowest BCUT2D eigenvalue weighted by Gasteiger charge is -2.20. The fraction of sp³-hybridized carbons (Fsp3) is 0.588. The number of benzene rings is 1. The third kappa shape index (κ3) is 7.56. The molecule has 22 heavy (non-hydrogen) atoms. The quantitative estimate of drug-likeness (QED) is 0.428. The molecule has 0 aliphatic heterocycles. The minimum absolute atomic E-state index is 0.00433. The predicted octanol–water partition coefficient (Wildman–Crippen LogP) is 2.79. The summed E-state index contributed by atoms with van der Waals surface area (Å²) in [6, 6.07) is 9.82. The van der Waals surface area contributed by atoms with Crippen LogP contribution in [0.25, 0.3) is 0 Å². The van der Waals surface area contributed by atoms with Crippen molar-refractivity contribution >= 4 is 30.3 Å². The predicted molar refractivity (Wildman–Crippen MR) is 98.7 cm³/mol. The van der Waals surface area contributed by atoms with Gasteiger partial charge in [0.15, 0.2) is 0 Å². The summed E-state index contributed by atoms with van der Waals surface area (Å²) >= 11 is 6.13. The van der Waals surface area contributed by atoms with E-state index in [1.807, 2.05) is 42.1 Å². The molecular formula is C17H27NO2S2. The van der Waals surface area contributed by atoms with Crippen molar-refractivity contribution in [3.63, 3.8) is 0 Å². The van der Waals surface area contributed by atoms with E-state index in [0.29, 0.717) is 12.2 Å². The van der Waals surface area contributed by atoms with Crippen molar-refractivity contribution in [1.82, 2.24) is 5.32 Å². The number of unbranched alkanes of at least 4 members (excludes halogenated alkanes) is 1. The van der Waals surface area contributed by atoms with E-state index in [1.54, 1.807) is 0 Å². The van der Waals surface area contributed by atoms with Gasteiger partial charge in [-0.15, -0.1) is 0 Å². The van der Waals surface area contributed by atoms with Crippen molar-refractivity contribution < 1.29 is 9.90 Å². The first-order chi connectivity index (χ1) is 10.7. The summed E-state index contributed by atoms with van der Waals surface area (Å²) in [7, 11) is 0. The van der Waals surface area contributed by atoms with E-state index < -0.39 is 0 Å². The molecule has 0 bridgehead atoms. The number of nitrogens with one attached hydrogen (secondary N) is 1. The molecule has 1 amide bonds. The second-order valence-electron chi connectivity index (χ2n) is 5.45. The Labute approximate surface area is 143 Å². The lowest BCUT2D eigenvalue weighted by Crippen LogP contribution is -2.42. The molecule has 0 saturated carbocycles. The second kappa shape index (κ2) is 11.9. The van der Waals surface area contributed by atoms with Crippen LogP contribution in [0.1, 0.15) is 24.8 Å². The number of carbonyl (C=O) groups excluding carboxylic acids is 1. The summed E-state index contributed by atoms with van der Waals surface area (Å²) in [4.78, 5) is 12.4. The molecule has 2 N–H and O–H groups in total. The van der Waals surface area contributed by atoms with Gasteiger partial charge in [-0.25, -0.2) is 0 Å². The van der Waals surface area contributed by atoms with Crippen LogP contribution in [0, 0.1) is 5.92 Å². The number of carbonyl (C=O) groups is 1. The lowest BCUT2D eigenvalue weighted by molar-refractivity contribution is -0.125. The molecule has 0 saturated heterocycles. The Morgan fingerprint density at radius 1 is 1.32 bits per heavy atom. The Morgan fingerprint density at radius 3 is 2.64 bits per heavy atom. The summed E-state index contributed by atoms with van der Waals surface area (Å²) < 4.78 is 0. The van der Waals surface area contributed by atoms with E-state index in [9.17, 15) is 9.90 Å². The molecule has 3 nitrogen and oxygen atoms in total. The van der Waals surface area contributed by atoms with Crippen molar-refractivity contribution in [2.24, 2.45) is 5.92 Å². The van der Waals surface area contributed by atoms with Crippen molar-refractivity contribution in [3.8, 4) is 0 Å². The van der Waals surface area contributed by atoms with E-state index >= 15 is 0 Å². The first-order valence-electron chi connectivity index (χ1n) is 7.76. The van der Waals surface area contributed by atoms with Gasteiger partial charge in [-0.2, -0.15) is 24.4 Å². The van der Waals surface area contributed by atoms with E-state index in [1.165, 1.54) is 0 Å². The highest BCUT2D eigenvalue weighted by molar-refractivity contribution is 7.98. The highest BCUT2D eigenvalue weighted by Gasteiger charge is 2.20. The lowest BCUT2D eigenvalue weighted by atomic mass is 9.99. The number of thiol groups is 1. The first-order valence-corrected chi connectivity index (χ1v) is 9.78. The summed E-state index contributed by atoms with van der Waals surface area (Å²) in [5.41, 5.74) is 1.14. The summed E-state index contributed by atoms with van der Waals surface area (Å²) in [5.74, 6) is 1.46.